The van der Waals surface area contributed by atoms with E-state index in [2.05, 4.69) is 6.92 Å². The third-order valence-electron chi connectivity index (χ3n) is 2.72. The Morgan fingerprint density at radius 3 is 2.24 bits per heavy atom. The lowest BCUT2D eigenvalue weighted by molar-refractivity contribution is 0.165. The molecule has 17 heavy (non-hydrogen) atoms. The van der Waals surface area contributed by atoms with Gasteiger partial charge < -0.3 is 15.6 Å². The summed E-state index contributed by atoms with van der Waals surface area (Å²) in [7, 11) is 0. The third kappa shape index (κ3) is 4.75. The summed E-state index contributed by atoms with van der Waals surface area (Å²) in [4.78, 5) is 0. The minimum absolute atomic E-state index is 0.192. The van der Waals surface area contributed by atoms with E-state index in [-0.39, 0.29) is 6.10 Å². The highest BCUT2D eigenvalue weighted by atomic mass is 16.5. The Bertz CT molecular complexity index is 321. The summed E-state index contributed by atoms with van der Waals surface area (Å²) in [5.41, 5.74) is 6.61. The molecule has 0 radical (unpaired) electrons. The fourth-order valence-corrected chi connectivity index (χ4v) is 1.79. The van der Waals surface area contributed by atoms with Crippen molar-refractivity contribution in [3.8, 4) is 5.75 Å². The summed E-state index contributed by atoms with van der Waals surface area (Å²) in [5.74, 6) is 1.19. The van der Waals surface area contributed by atoms with Crippen LogP contribution in [0.4, 0.5) is 0 Å². The SMILES string of the molecule is CC(C)Oc1ccc(C(C)CC(O)CN)cc1. The zero-order valence-corrected chi connectivity index (χ0v) is 10.9. The predicted octanol–water partition coefficient (Wildman–Crippen LogP) is 2.29. The van der Waals surface area contributed by atoms with Gasteiger partial charge in [-0.1, -0.05) is 19.1 Å². The minimum atomic E-state index is -0.420. The first-order chi connectivity index (χ1) is 8.02. The van der Waals surface area contributed by atoms with Crippen LogP contribution in [-0.4, -0.2) is 23.9 Å². The van der Waals surface area contributed by atoms with E-state index in [4.69, 9.17) is 10.5 Å². The van der Waals surface area contributed by atoms with E-state index in [9.17, 15) is 5.11 Å². The van der Waals surface area contributed by atoms with Gasteiger partial charge in [0.05, 0.1) is 12.2 Å². The normalized spacial score (nSPS) is 14.7. The average molecular weight is 237 g/mol. The van der Waals surface area contributed by atoms with Gasteiger partial charge in [0, 0.05) is 6.54 Å². The van der Waals surface area contributed by atoms with Crippen LogP contribution in [0.2, 0.25) is 0 Å². The molecule has 0 saturated heterocycles. The van der Waals surface area contributed by atoms with Crippen LogP contribution in [-0.2, 0) is 0 Å². The molecule has 0 spiro atoms. The second kappa shape index (κ2) is 6.62. The molecule has 0 aliphatic heterocycles. The molecule has 1 rings (SSSR count). The van der Waals surface area contributed by atoms with Crippen molar-refractivity contribution >= 4 is 0 Å². The molecular weight excluding hydrogens is 214 g/mol. The Morgan fingerprint density at radius 1 is 1.18 bits per heavy atom. The molecular formula is C14H23NO2. The van der Waals surface area contributed by atoms with Crippen LogP contribution in [0.15, 0.2) is 24.3 Å². The summed E-state index contributed by atoms with van der Waals surface area (Å²) in [5, 5.41) is 9.51. The molecule has 0 bridgehead atoms. The number of rotatable bonds is 6. The van der Waals surface area contributed by atoms with Crippen LogP contribution >= 0.6 is 0 Å². The summed E-state index contributed by atoms with van der Waals surface area (Å²) < 4.78 is 5.58. The number of ether oxygens (including phenoxy) is 1. The quantitative estimate of drug-likeness (QED) is 0.798. The molecule has 3 N–H and O–H groups in total. The fourth-order valence-electron chi connectivity index (χ4n) is 1.79. The number of aliphatic hydroxyl groups is 1. The molecule has 0 aliphatic rings. The highest BCUT2D eigenvalue weighted by Gasteiger charge is 2.11. The smallest absolute Gasteiger partial charge is 0.119 e. The summed E-state index contributed by atoms with van der Waals surface area (Å²) in [6.45, 7) is 6.43. The fraction of sp³-hybridized carbons (Fsp3) is 0.571. The second-order valence-electron chi connectivity index (χ2n) is 4.76. The predicted molar refractivity (Wildman–Crippen MR) is 70.3 cm³/mol. The first-order valence-electron chi connectivity index (χ1n) is 6.17. The topological polar surface area (TPSA) is 55.5 Å². The van der Waals surface area contributed by atoms with Gasteiger partial charge in [-0.15, -0.1) is 0 Å². The monoisotopic (exact) mass is 237 g/mol. The van der Waals surface area contributed by atoms with Crippen LogP contribution < -0.4 is 10.5 Å². The van der Waals surface area contributed by atoms with Crippen molar-refractivity contribution in [3.63, 3.8) is 0 Å². The van der Waals surface area contributed by atoms with Crippen molar-refractivity contribution in [3.05, 3.63) is 29.8 Å². The van der Waals surface area contributed by atoms with E-state index in [1.54, 1.807) is 0 Å². The molecule has 1 aromatic carbocycles. The van der Waals surface area contributed by atoms with Crippen molar-refractivity contribution < 1.29 is 9.84 Å². The van der Waals surface area contributed by atoms with Crippen LogP contribution in [0.5, 0.6) is 5.75 Å². The highest BCUT2D eigenvalue weighted by Crippen LogP contribution is 2.23. The van der Waals surface area contributed by atoms with Gasteiger partial charge >= 0.3 is 0 Å². The summed E-state index contributed by atoms with van der Waals surface area (Å²) in [6, 6.07) is 8.04. The molecule has 3 nitrogen and oxygen atoms in total. The van der Waals surface area contributed by atoms with Gasteiger partial charge in [0.15, 0.2) is 0 Å². The molecule has 3 heteroatoms. The Hall–Kier alpha value is -1.06. The summed E-state index contributed by atoms with van der Waals surface area (Å²) >= 11 is 0. The van der Waals surface area contributed by atoms with E-state index in [0.29, 0.717) is 18.9 Å². The first-order valence-corrected chi connectivity index (χ1v) is 6.17. The van der Waals surface area contributed by atoms with Crippen molar-refractivity contribution in [2.45, 2.75) is 45.3 Å². The van der Waals surface area contributed by atoms with Crippen LogP contribution in [0, 0.1) is 0 Å². The van der Waals surface area contributed by atoms with Gasteiger partial charge in [0.25, 0.3) is 0 Å². The molecule has 0 heterocycles. The number of benzene rings is 1. The molecule has 1 aromatic rings. The zero-order chi connectivity index (χ0) is 12.8. The second-order valence-corrected chi connectivity index (χ2v) is 4.76. The van der Waals surface area contributed by atoms with Crippen molar-refractivity contribution in [2.75, 3.05) is 6.54 Å². The van der Waals surface area contributed by atoms with Gasteiger partial charge in [-0.05, 0) is 43.9 Å². The van der Waals surface area contributed by atoms with Crippen molar-refractivity contribution in [2.24, 2.45) is 5.73 Å². The van der Waals surface area contributed by atoms with Crippen LogP contribution in [0.3, 0.4) is 0 Å². The lowest BCUT2D eigenvalue weighted by atomic mass is 9.95. The van der Waals surface area contributed by atoms with E-state index < -0.39 is 6.10 Å². The van der Waals surface area contributed by atoms with Gasteiger partial charge in [-0.3, -0.25) is 0 Å². The Balaban J connectivity index is 2.60. The molecule has 0 aromatic heterocycles. The lowest BCUT2D eigenvalue weighted by Gasteiger charge is -2.16. The molecule has 2 atom stereocenters. The Labute approximate surface area is 104 Å². The van der Waals surface area contributed by atoms with Crippen LogP contribution in [0.1, 0.15) is 38.7 Å². The molecule has 0 fully saturated rings. The molecule has 0 aliphatic carbocycles. The largest absolute Gasteiger partial charge is 0.491 e. The van der Waals surface area contributed by atoms with E-state index in [1.165, 1.54) is 5.56 Å². The zero-order valence-electron chi connectivity index (χ0n) is 10.9. The average Bonchev–Trinajstić information content (AvgIpc) is 2.28. The van der Waals surface area contributed by atoms with Crippen LogP contribution in [0.25, 0.3) is 0 Å². The van der Waals surface area contributed by atoms with E-state index in [1.807, 2.05) is 38.1 Å². The first kappa shape index (κ1) is 14.0. The maximum atomic E-state index is 9.51. The number of hydrogen-bond acceptors (Lipinski definition) is 3. The van der Waals surface area contributed by atoms with Crippen molar-refractivity contribution in [1.29, 1.82) is 0 Å². The van der Waals surface area contributed by atoms with E-state index in [0.717, 1.165) is 5.75 Å². The Morgan fingerprint density at radius 2 is 1.76 bits per heavy atom. The third-order valence-corrected chi connectivity index (χ3v) is 2.72. The van der Waals surface area contributed by atoms with Gasteiger partial charge in [0.2, 0.25) is 0 Å². The van der Waals surface area contributed by atoms with Gasteiger partial charge in [-0.2, -0.15) is 0 Å². The lowest BCUT2D eigenvalue weighted by Crippen LogP contribution is -2.21. The molecule has 96 valence electrons. The van der Waals surface area contributed by atoms with Crippen molar-refractivity contribution in [1.82, 2.24) is 0 Å². The maximum absolute atomic E-state index is 9.51. The number of hydrogen-bond donors (Lipinski definition) is 2. The molecule has 2 unspecified atom stereocenters. The molecule has 0 amide bonds. The standard InChI is InChI=1S/C14H23NO2/c1-10(2)17-14-6-4-12(5-7-14)11(3)8-13(16)9-15/h4-7,10-11,13,16H,8-9,15H2,1-3H3. The van der Waals surface area contributed by atoms with Gasteiger partial charge in [-0.25, -0.2) is 0 Å². The number of aliphatic hydroxyl groups excluding tert-OH is 1. The Kier molecular flexibility index (Phi) is 5.45. The molecule has 0 saturated carbocycles. The summed E-state index contributed by atoms with van der Waals surface area (Å²) in [6.07, 6.45) is 0.467. The van der Waals surface area contributed by atoms with Gasteiger partial charge in [0.1, 0.15) is 5.75 Å². The van der Waals surface area contributed by atoms with E-state index >= 15 is 0 Å². The minimum Gasteiger partial charge on any atom is -0.491 e. The maximum Gasteiger partial charge on any atom is 0.119 e. The highest BCUT2D eigenvalue weighted by molar-refractivity contribution is 5.29. The number of nitrogens with two attached hydrogens (primary N) is 1.